The molecule has 0 unspecified atom stereocenters. The Labute approximate surface area is 170 Å². The first-order valence-electron chi connectivity index (χ1n) is 10.6. The monoisotopic (exact) mass is 390 g/mol. The molecule has 29 heavy (non-hydrogen) atoms. The maximum absolute atomic E-state index is 12.2. The lowest BCUT2D eigenvalue weighted by molar-refractivity contribution is -0.130. The molecule has 1 aromatic carbocycles. The van der Waals surface area contributed by atoms with Gasteiger partial charge in [0.1, 0.15) is 11.6 Å². The lowest BCUT2D eigenvalue weighted by Gasteiger charge is -2.23. The smallest absolute Gasteiger partial charge is 0.222 e. The van der Waals surface area contributed by atoms with Crippen LogP contribution in [0.1, 0.15) is 44.3 Å². The quantitative estimate of drug-likeness (QED) is 0.685. The molecule has 1 aliphatic heterocycles. The average molecular weight is 390 g/mol. The van der Waals surface area contributed by atoms with E-state index >= 15 is 0 Å². The molecule has 5 rings (SSSR count). The Morgan fingerprint density at radius 2 is 1.90 bits per heavy atom. The number of aromatic nitrogens is 4. The zero-order chi connectivity index (χ0) is 19.8. The van der Waals surface area contributed by atoms with E-state index in [0.717, 1.165) is 73.8 Å². The highest BCUT2D eigenvalue weighted by Crippen LogP contribution is 2.40. The van der Waals surface area contributed by atoms with Crippen molar-refractivity contribution >= 4 is 22.8 Å². The number of carbonyl (C=O) groups excluding carboxylic acids is 1. The molecule has 1 amide bonds. The molecule has 2 fully saturated rings. The van der Waals surface area contributed by atoms with E-state index in [2.05, 4.69) is 10.00 Å². The Balaban J connectivity index is 1.55. The van der Waals surface area contributed by atoms with E-state index in [1.165, 1.54) is 0 Å². The second-order valence-corrected chi connectivity index (χ2v) is 7.88. The topological polar surface area (TPSA) is 67.2 Å². The summed E-state index contributed by atoms with van der Waals surface area (Å²) in [5.41, 5.74) is 1.87. The summed E-state index contributed by atoms with van der Waals surface area (Å²) >= 11 is 0. The predicted molar refractivity (Wildman–Crippen MR) is 112 cm³/mol. The number of fused-ring (bicyclic) bond motifs is 1. The van der Waals surface area contributed by atoms with Crippen molar-refractivity contribution in [2.45, 2.75) is 38.5 Å². The van der Waals surface area contributed by atoms with Crippen LogP contribution >= 0.6 is 0 Å². The van der Waals surface area contributed by atoms with Crippen LogP contribution in [0.25, 0.3) is 16.7 Å². The largest absolute Gasteiger partial charge is 0.354 e. The third-order valence-electron chi connectivity index (χ3n) is 5.82. The zero-order valence-electron chi connectivity index (χ0n) is 16.8. The maximum atomic E-state index is 12.2. The molecule has 0 atom stereocenters. The fourth-order valence-electron chi connectivity index (χ4n) is 4.04. The molecule has 7 heteroatoms. The molecule has 3 heterocycles. The minimum absolute atomic E-state index is 0.232. The van der Waals surface area contributed by atoms with Crippen LogP contribution in [0.4, 0.5) is 5.82 Å². The molecule has 2 aliphatic rings. The number of benzene rings is 1. The van der Waals surface area contributed by atoms with Crippen LogP contribution in [0, 0.1) is 0 Å². The SMILES string of the molecule is CCC(=O)N1CCCN(c2nc(C3CC3)nc3c2cnn3-c2ccccc2)CC1. The van der Waals surface area contributed by atoms with Gasteiger partial charge in [-0.05, 0) is 31.4 Å². The van der Waals surface area contributed by atoms with Crippen LogP contribution in [0.2, 0.25) is 0 Å². The Kier molecular flexibility index (Phi) is 4.66. The van der Waals surface area contributed by atoms with Gasteiger partial charge < -0.3 is 9.80 Å². The predicted octanol–water partition coefficient (Wildman–Crippen LogP) is 3.14. The maximum Gasteiger partial charge on any atom is 0.222 e. The molecule has 0 N–H and O–H groups in total. The van der Waals surface area contributed by atoms with Gasteiger partial charge in [-0.3, -0.25) is 4.79 Å². The van der Waals surface area contributed by atoms with Crippen molar-refractivity contribution in [3.63, 3.8) is 0 Å². The summed E-state index contributed by atoms with van der Waals surface area (Å²) in [5.74, 6) is 2.58. The van der Waals surface area contributed by atoms with Crippen LogP contribution < -0.4 is 4.90 Å². The number of anilines is 1. The van der Waals surface area contributed by atoms with Crippen LogP contribution in [-0.4, -0.2) is 56.7 Å². The van der Waals surface area contributed by atoms with Gasteiger partial charge >= 0.3 is 0 Å². The molecule has 7 nitrogen and oxygen atoms in total. The van der Waals surface area contributed by atoms with Gasteiger partial charge in [-0.1, -0.05) is 25.1 Å². The number of carbonyl (C=O) groups is 1. The van der Waals surface area contributed by atoms with Gasteiger partial charge in [0, 0.05) is 38.5 Å². The molecule has 150 valence electrons. The van der Waals surface area contributed by atoms with Crippen molar-refractivity contribution < 1.29 is 4.79 Å². The highest BCUT2D eigenvalue weighted by Gasteiger charge is 2.30. The van der Waals surface area contributed by atoms with E-state index in [0.29, 0.717) is 12.3 Å². The number of rotatable bonds is 4. The van der Waals surface area contributed by atoms with E-state index < -0.39 is 0 Å². The lowest BCUT2D eigenvalue weighted by Crippen LogP contribution is -2.35. The van der Waals surface area contributed by atoms with Crippen molar-refractivity contribution in [1.82, 2.24) is 24.6 Å². The Hall–Kier alpha value is -2.96. The van der Waals surface area contributed by atoms with Gasteiger partial charge in [-0.15, -0.1) is 0 Å². The average Bonchev–Trinajstić information content (AvgIpc) is 3.56. The van der Waals surface area contributed by atoms with E-state index in [9.17, 15) is 4.79 Å². The molecular weight excluding hydrogens is 364 g/mol. The Morgan fingerprint density at radius 1 is 1.07 bits per heavy atom. The van der Waals surface area contributed by atoms with Crippen molar-refractivity contribution in [1.29, 1.82) is 0 Å². The summed E-state index contributed by atoms with van der Waals surface area (Å²) in [6.45, 7) is 5.16. The van der Waals surface area contributed by atoms with Crippen molar-refractivity contribution in [3.8, 4) is 5.69 Å². The van der Waals surface area contributed by atoms with Gasteiger partial charge in [-0.25, -0.2) is 14.6 Å². The van der Waals surface area contributed by atoms with Gasteiger partial charge in [0.05, 0.1) is 17.3 Å². The fourth-order valence-corrected chi connectivity index (χ4v) is 4.04. The van der Waals surface area contributed by atoms with Gasteiger partial charge in [0.25, 0.3) is 0 Å². The summed E-state index contributed by atoms with van der Waals surface area (Å²) in [6.07, 6.45) is 5.71. The van der Waals surface area contributed by atoms with Crippen LogP contribution in [0.15, 0.2) is 36.5 Å². The zero-order valence-corrected chi connectivity index (χ0v) is 16.8. The molecule has 0 radical (unpaired) electrons. The number of nitrogens with zero attached hydrogens (tertiary/aromatic N) is 6. The Morgan fingerprint density at radius 3 is 2.66 bits per heavy atom. The molecule has 1 saturated carbocycles. The first-order valence-corrected chi connectivity index (χ1v) is 10.6. The molecule has 1 saturated heterocycles. The normalized spacial score (nSPS) is 17.6. The third kappa shape index (κ3) is 3.45. The molecule has 1 aliphatic carbocycles. The molecule has 0 bridgehead atoms. The van der Waals surface area contributed by atoms with E-state index in [-0.39, 0.29) is 5.91 Å². The highest BCUT2D eigenvalue weighted by atomic mass is 16.2. The van der Waals surface area contributed by atoms with E-state index in [1.54, 1.807) is 0 Å². The van der Waals surface area contributed by atoms with E-state index in [4.69, 9.17) is 9.97 Å². The van der Waals surface area contributed by atoms with Crippen LogP contribution in [0.3, 0.4) is 0 Å². The minimum atomic E-state index is 0.232. The number of hydrogen-bond acceptors (Lipinski definition) is 5. The molecule has 2 aromatic heterocycles. The van der Waals surface area contributed by atoms with Gasteiger partial charge in [0.15, 0.2) is 5.65 Å². The minimum Gasteiger partial charge on any atom is -0.354 e. The molecule has 3 aromatic rings. The molecule has 0 spiro atoms. The van der Waals surface area contributed by atoms with Crippen molar-refractivity contribution in [3.05, 3.63) is 42.4 Å². The van der Waals surface area contributed by atoms with Gasteiger partial charge in [0.2, 0.25) is 5.91 Å². The summed E-state index contributed by atoms with van der Waals surface area (Å²) in [7, 11) is 0. The second-order valence-electron chi connectivity index (χ2n) is 7.88. The third-order valence-corrected chi connectivity index (χ3v) is 5.82. The number of amides is 1. The standard InChI is InChI=1S/C22H26N6O/c1-2-19(29)26-11-6-12-27(14-13-26)21-18-15-23-28(17-7-4-3-5-8-17)22(18)25-20(24-21)16-9-10-16/h3-5,7-8,15-16H,2,6,9-14H2,1H3. The summed E-state index contributed by atoms with van der Waals surface area (Å²) in [5, 5.41) is 5.62. The van der Waals surface area contributed by atoms with Gasteiger partial charge in [-0.2, -0.15) is 5.10 Å². The number of hydrogen-bond donors (Lipinski definition) is 0. The summed E-state index contributed by atoms with van der Waals surface area (Å²) in [4.78, 5) is 26.3. The lowest BCUT2D eigenvalue weighted by atomic mass is 10.3. The van der Waals surface area contributed by atoms with Crippen molar-refractivity contribution in [2.75, 3.05) is 31.1 Å². The first-order chi connectivity index (χ1) is 14.2. The summed E-state index contributed by atoms with van der Waals surface area (Å²) < 4.78 is 1.91. The highest BCUT2D eigenvalue weighted by molar-refractivity contribution is 5.88. The molecular formula is C22H26N6O. The van der Waals surface area contributed by atoms with Crippen LogP contribution in [0.5, 0.6) is 0 Å². The second kappa shape index (κ2) is 7.46. The number of para-hydroxylation sites is 1. The summed E-state index contributed by atoms with van der Waals surface area (Å²) in [6, 6.07) is 10.1. The Bertz CT molecular complexity index is 1030. The fraction of sp³-hybridized carbons (Fsp3) is 0.455. The van der Waals surface area contributed by atoms with Crippen molar-refractivity contribution in [2.24, 2.45) is 0 Å². The van der Waals surface area contributed by atoms with Crippen LogP contribution in [-0.2, 0) is 4.79 Å². The van der Waals surface area contributed by atoms with E-state index in [1.807, 2.05) is 53.0 Å². The first kappa shape index (κ1) is 18.1.